The van der Waals surface area contributed by atoms with Gasteiger partial charge in [0.15, 0.2) is 0 Å². The lowest BCUT2D eigenvalue weighted by molar-refractivity contribution is -0.137. The summed E-state index contributed by atoms with van der Waals surface area (Å²) in [4.78, 5) is 10.2. The fraction of sp³-hybridized carbons (Fsp3) is 0.769. The van der Waals surface area contributed by atoms with Crippen LogP contribution in [0.15, 0.2) is 12.7 Å². The summed E-state index contributed by atoms with van der Waals surface area (Å²) in [6.07, 6.45) is 10.3. The van der Waals surface area contributed by atoms with E-state index in [1.807, 2.05) is 6.08 Å². The number of rotatable bonds is 10. The molecule has 1 unspecified atom stereocenters. The number of hydrogen-bond donors (Lipinski definition) is 1. The van der Waals surface area contributed by atoms with E-state index in [1.165, 1.54) is 32.1 Å². The molecule has 88 valence electrons. The molecule has 0 aliphatic heterocycles. The summed E-state index contributed by atoms with van der Waals surface area (Å²) in [5.41, 5.74) is 0. The summed E-state index contributed by atoms with van der Waals surface area (Å²) in [7, 11) is 0. The first-order valence-corrected chi connectivity index (χ1v) is 6.05. The van der Waals surface area contributed by atoms with E-state index < -0.39 is 5.97 Å². The van der Waals surface area contributed by atoms with Crippen LogP contribution in [0.2, 0.25) is 0 Å². The molecule has 1 atom stereocenters. The molecule has 0 aromatic heterocycles. The molecule has 0 aliphatic carbocycles. The molecule has 0 aromatic carbocycles. The van der Waals surface area contributed by atoms with Gasteiger partial charge in [-0.1, -0.05) is 38.7 Å². The summed E-state index contributed by atoms with van der Waals surface area (Å²) >= 11 is 0. The predicted molar refractivity (Wildman–Crippen MR) is 63.9 cm³/mol. The summed E-state index contributed by atoms with van der Waals surface area (Å²) in [6.45, 7) is 6.01. The van der Waals surface area contributed by atoms with Crippen LogP contribution in [0.4, 0.5) is 0 Å². The average molecular weight is 212 g/mol. The van der Waals surface area contributed by atoms with Gasteiger partial charge in [0.25, 0.3) is 0 Å². The van der Waals surface area contributed by atoms with E-state index in [4.69, 9.17) is 5.11 Å². The first kappa shape index (κ1) is 14.2. The van der Waals surface area contributed by atoms with Crippen LogP contribution in [0.3, 0.4) is 0 Å². The van der Waals surface area contributed by atoms with Gasteiger partial charge in [0.05, 0.1) is 0 Å². The van der Waals surface area contributed by atoms with E-state index in [-0.39, 0.29) is 0 Å². The summed E-state index contributed by atoms with van der Waals surface area (Å²) < 4.78 is 0. The second-order valence-corrected chi connectivity index (χ2v) is 4.10. The van der Waals surface area contributed by atoms with E-state index in [0.29, 0.717) is 12.3 Å². The molecule has 0 aliphatic rings. The Morgan fingerprint density at radius 2 is 1.87 bits per heavy atom. The minimum Gasteiger partial charge on any atom is -0.481 e. The van der Waals surface area contributed by atoms with E-state index >= 15 is 0 Å². The van der Waals surface area contributed by atoms with Gasteiger partial charge in [0.1, 0.15) is 0 Å². The van der Waals surface area contributed by atoms with Crippen LogP contribution in [0.5, 0.6) is 0 Å². The van der Waals surface area contributed by atoms with Crippen molar-refractivity contribution in [2.24, 2.45) is 5.92 Å². The van der Waals surface area contributed by atoms with Gasteiger partial charge < -0.3 is 5.11 Å². The molecule has 0 saturated carbocycles. The molecule has 0 heterocycles. The van der Waals surface area contributed by atoms with Crippen LogP contribution in [-0.2, 0) is 4.79 Å². The molecular weight excluding hydrogens is 188 g/mol. The smallest absolute Gasteiger partial charge is 0.303 e. The molecule has 0 spiro atoms. The number of carbonyl (C=O) groups is 1. The zero-order chi connectivity index (χ0) is 11.5. The normalized spacial score (nSPS) is 12.3. The quantitative estimate of drug-likeness (QED) is 0.439. The monoisotopic (exact) mass is 212 g/mol. The maximum Gasteiger partial charge on any atom is 0.303 e. The number of carboxylic acids is 1. The van der Waals surface area contributed by atoms with Crippen molar-refractivity contribution in [2.75, 3.05) is 0 Å². The third kappa shape index (κ3) is 9.51. The first-order chi connectivity index (χ1) is 7.20. The Labute approximate surface area is 93.4 Å². The van der Waals surface area contributed by atoms with Crippen molar-refractivity contribution in [2.45, 2.75) is 58.3 Å². The first-order valence-electron chi connectivity index (χ1n) is 6.05. The van der Waals surface area contributed by atoms with Gasteiger partial charge in [-0.15, -0.1) is 6.58 Å². The van der Waals surface area contributed by atoms with Crippen molar-refractivity contribution in [1.29, 1.82) is 0 Å². The highest BCUT2D eigenvalue weighted by Crippen LogP contribution is 2.15. The van der Waals surface area contributed by atoms with Gasteiger partial charge in [-0.3, -0.25) is 4.79 Å². The van der Waals surface area contributed by atoms with Crippen LogP contribution < -0.4 is 0 Å². The van der Waals surface area contributed by atoms with Crippen molar-refractivity contribution >= 4 is 5.97 Å². The number of carboxylic acid groups (broad SMARTS) is 1. The Morgan fingerprint density at radius 1 is 1.27 bits per heavy atom. The van der Waals surface area contributed by atoms with E-state index in [1.54, 1.807) is 0 Å². The van der Waals surface area contributed by atoms with Gasteiger partial charge in [0, 0.05) is 6.42 Å². The van der Waals surface area contributed by atoms with Gasteiger partial charge in [-0.05, 0) is 25.2 Å². The highest BCUT2D eigenvalue weighted by Gasteiger charge is 2.00. The molecule has 2 nitrogen and oxygen atoms in total. The van der Waals surface area contributed by atoms with Crippen LogP contribution in [-0.4, -0.2) is 11.1 Å². The summed E-state index contributed by atoms with van der Waals surface area (Å²) in [5, 5.41) is 8.44. The van der Waals surface area contributed by atoms with E-state index in [0.717, 1.165) is 12.8 Å². The average Bonchev–Trinajstić information content (AvgIpc) is 2.22. The van der Waals surface area contributed by atoms with Crippen LogP contribution in [0.1, 0.15) is 58.3 Å². The highest BCUT2D eigenvalue weighted by atomic mass is 16.4. The second kappa shape index (κ2) is 9.75. The lowest BCUT2D eigenvalue weighted by atomic mass is 9.98. The molecule has 0 amide bonds. The number of unbranched alkanes of at least 4 members (excludes halogenated alkanes) is 4. The maximum atomic E-state index is 10.2. The third-order valence-electron chi connectivity index (χ3n) is 2.82. The minimum atomic E-state index is -0.673. The molecule has 2 heteroatoms. The van der Waals surface area contributed by atoms with Gasteiger partial charge >= 0.3 is 5.97 Å². The molecule has 0 saturated heterocycles. The minimum absolute atomic E-state index is 0.324. The largest absolute Gasteiger partial charge is 0.481 e. The van der Waals surface area contributed by atoms with Gasteiger partial charge in [0.2, 0.25) is 0 Å². The van der Waals surface area contributed by atoms with Crippen molar-refractivity contribution in [3.8, 4) is 0 Å². The molecule has 1 N–H and O–H groups in total. The zero-order valence-corrected chi connectivity index (χ0v) is 9.87. The Kier molecular flexibility index (Phi) is 9.24. The molecule has 15 heavy (non-hydrogen) atoms. The Hall–Kier alpha value is -0.790. The Bertz CT molecular complexity index is 175. The third-order valence-corrected chi connectivity index (χ3v) is 2.82. The van der Waals surface area contributed by atoms with Crippen LogP contribution in [0.25, 0.3) is 0 Å². The molecule has 0 bridgehead atoms. The standard InChI is InChI=1S/C13H24O2/c1-3-12(4-2)10-8-6-5-7-9-11-13(14)15/h3,12H,1,4-11H2,2H3,(H,14,15). The van der Waals surface area contributed by atoms with Gasteiger partial charge in [-0.2, -0.15) is 0 Å². The Balaban J connectivity index is 3.17. The SMILES string of the molecule is C=CC(CC)CCCCCCCC(=O)O. The zero-order valence-electron chi connectivity index (χ0n) is 9.87. The highest BCUT2D eigenvalue weighted by molar-refractivity contribution is 5.66. The van der Waals surface area contributed by atoms with Crippen molar-refractivity contribution in [1.82, 2.24) is 0 Å². The second-order valence-electron chi connectivity index (χ2n) is 4.10. The predicted octanol–water partition coefficient (Wildman–Crippen LogP) is 4.01. The van der Waals surface area contributed by atoms with E-state index in [9.17, 15) is 4.79 Å². The fourth-order valence-electron chi connectivity index (χ4n) is 1.70. The molecule has 0 radical (unpaired) electrons. The molecule has 0 fully saturated rings. The van der Waals surface area contributed by atoms with Crippen molar-refractivity contribution < 1.29 is 9.90 Å². The van der Waals surface area contributed by atoms with Gasteiger partial charge in [-0.25, -0.2) is 0 Å². The number of allylic oxidation sites excluding steroid dienone is 1. The summed E-state index contributed by atoms with van der Waals surface area (Å²) in [5.74, 6) is -0.00303. The molecule has 0 aromatic rings. The Morgan fingerprint density at radius 3 is 2.40 bits per heavy atom. The molecular formula is C13H24O2. The van der Waals surface area contributed by atoms with Crippen molar-refractivity contribution in [3.05, 3.63) is 12.7 Å². The topological polar surface area (TPSA) is 37.3 Å². The van der Waals surface area contributed by atoms with Crippen LogP contribution >= 0.6 is 0 Å². The lowest BCUT2D eigenvalue weighted by Crippen LogP contribution is -1.95. The maximum absolute atomic E-state index is 10.2. The summed E-state index contributed by atoms with van der Waals surface area (Å²) in [6, 6.07) is 0. The molecule has 0 rings (SSSR count). The number of hydrogen-bond acceptors (Lipinski definition) is 1. The van der Waals surface area contributed by atoms with E-state index in [2.05, 4.69) is 13.5 Å². The lowest BCUT2D eigenvalue weighted by Gasteiger charge is -2.08. The van der Waals surface area contributed by atoms with Crippen molar-refractivity contribution in [3.63, 3.8) is 0 Å². The van der Waals surface area contributed by atoms with Crippen LogP contribution in [0, 0.1) is 5.92 Å². The fourth-order valence-corrected chi connectivity index (χ4v) is 1.70. The number of aliphatic carboxylic acids is 1.